The summed E-state index contributed by atoms with van der Waals surface area (Å²) in [5.74, 6) is -0.193. The van der Waals surface area contributed by atoms with Crippen LogP contribution in [0.15, 0.2) is 67.1 Å². The number of likely N-dealkylation sites (tertiary alicyclic amines) is 1. The van der Waals surface area contributed by atoms with Crippen LogP contribution in [0, 0.1) is 0 Å². The van der Waals surface area contributed by atoms with Crippen molar-refractivity contribution in [3.05, 3.63) is 77.6 Å². The van der Waals surface area contributed by atoms with E-state index in [9.17, 15) is 4.79 Å². The molecule has 8 nitrogen and oxygen atoms in total. The average molecular weight is 530 g/mol. The van der Waals surface area contributed by atoms with Gasteiger partial charge in [0.25, 0.3) is 5.91 Å². The van der Waals surface area contributed by atoms with E-state index in [1.54, 1.807) is 29.5 Å². The van der Waals surface area contributed by atoms with Crippen LogP contribution in [0.2, 0.25) is 0 Å². The van der Waals surface area contributed by atoms with Crippen LogP contribution < -0.4 is 16.4 Å². The molecular weight excluding hydrogens is 502 g/mol. The van der Waals surface area contributed by atoms with Gasteiger partial charge in [-0.1, -0.05) is 29.9 Å². The molecule has 37 heavy (non-hydrogen) atoms. The number of carbonyl (C=O) groups is 1. The van der Waals surface area contributed by atoms with Crippen LogP contribution in [-0.2, 0) is 6.54 Å². The lowest BCUT2D eigenvalue weighted by Crippen LogP contribution is -2.29. The van der Waals surface area contributed by atoms with E-state index in [0.717, 1.165) is 32.9 Å². The molecule has 0 atom stereocenters. The molecule has 10 heteroatoms. The number of aromatic nitrogens is 3. The highest BCUT2D eigenvalue weighted by Crippen LogP contribution is 2.33. The first kappa shape index (κ1) is 23.7. The van der Waals surface area contributed by atoms with Gasteiger partial charge < -0.3 is 16.4 Å². The van der Waals surface area contributed by atoms with E-state index < -0.39 is 0 Å². The zero-order chi connectivity index (χ0) is 25.2. The number of anilines is 4. The molecule has 0 radical (unpaired) electrons. The molecule has 6 rings (SSSR count). The van der Waals surface area contributed by atoms with Crippen LogP contribution in [0.1, 0.15) is 34.5 Å². The number of amides is 1. The fourth-order valence-corrected chi connectivity index (χ4v) is 6.26. The third kappa shape index (κ3) is 5.22. The number of imidazole rings is 1. The molecule has 1 aliphatic rings. The maximum atomic E-state index is 12.6. The van der Waals surface area contributed by atoms with Gasteiger partial charge in [-0.05, 0) is 67.9 Å². The number of carbonyl (C=O) groups excluding carboxylic acids is 1. The second kappa shape index (κ2) is 10.3. The summed E-state index contributed by atoms with van der Waals surface area (Å²) in [6.45, 7) is 3.34. The molecule has 1 fully saturated rings. The summed E-state index contributed by atoms with van der Waals surface area (Å²) < 4.78 is 2.11. The first-order valence-electron chi connectivity index (χ1n) is 12.3. The fraction of sp³-hybridized carbons (Fsp3) is 0.222. The van der Waals surface area contributed by atoms with Crippen molar-refractivity contribution in [1.29, 1.82) is 0 Å². The zero-order valence-corrected chi connectivity index (χ0v) is 21.8. The van der Waals surface area contributed by atoms with Gasteiger partial charge in [0.2, 0.25) is 0 Å². The Bertz CT molecular complexity index is 1550. The Morgan fingerprint density at radius 2 is 1.86 bits per heavy atom. The van der Waals surface area contributed by atoms with Gasteiger partial charge in [-0.3, -0.25) is 14.1 Å². The Balaban J connectivity index is 1.13. The number of nitrogen functional groups attached to an aromatic ring is 1. The number of nitrogens with two attached hydrogens (primary N) is 1. The molecule has 0 spiro atoms. The summed E-state index contributed by atoms with van der Waals surface area (Å²) in [7, 11) is 0. The van der Waals surface area contributed by atoms with Gasteiger partial charge in [-0.2, -0.15) is 0 Å². The Morgan fingerprint density at radius 1 is 1.00 bits per heavy atom. The average Bonchev–Trinajstić information content (AvgIpc) is 3.66. The minimum absolute atomic E-state index is 0.193. The number of thiophene rings is 1. The monoisotopic (exact) mass is 529 g/mol. The van der Waals surface area contributed by atoms with Gasteiger partial charge in [0.05, 0.1) is 38.0 Å². The van der Waals surface area contributed by atoms with Crippen LogP contribution in [-0.4, -0.2) is 38.3 Å². The topological polar surface area (TPSA) is 101 Å². The maximum Gasteiger partial charge on any atom is 0.265 e. The smallest absolute Gasteiger partial charge is 0.265 e. The van der Waals surface area contributed by atoms with Gasteiger partial charge in [-0.25, -0.2) is 9.97 Å². The quantitative estimate of drug-likeness (QED) is 0.221. The van der Waals surface area contributed by atoms with Crippen LogP contribution in [0.5, 0.6) is 0 Å². The van der Waals surface area contributed by atoms with E-state index in [0.29, 0.717) is 16.3 Å². The highest BCUT2D eigenvalue weighted by Gasteiger charge is 2.15. The molecule has 5 aromatic rings. The lowest BCUT2D eigenvalue weighted by molar-refractivity contribution is 0.103. The number of hydrogen-bond donors (Lipinski definition) is 3. The third-order valence-corrected chi connectivity index (χ3v) is 8.39. The van der Waals surface area contributed by atoms with E-state index in [1.807, 2.05) is 30.6 Å². The molecule has 0 bridgehead atoms. The first-order valence-corrected chi connectivity index (χ1v) is 13.9. The zero-order valence-electron chi connectivity index (χ0n) is 20.2. The predicted molar refractivity (Wildman–Crippen MR) is 152 cm³/mol. The number of nitrogens with one attached hydrogen (secondary N) is 2. The number of hydrogen-bond acceptors (Lipinski definition) is 8. The summed E-state index contributed by atoms with van der Waals surface area (Å²) in [6, 6.07) is 15.3. The van der Waals surface area contributed by atoms with Gasteiger partial charge in [0.15, 0.2) is 5.13 Å². The largest absolute Gasteiger partial charge is 0.397 e. The number of rotatable bonds is 7. The molecule has 0 saturated carbocycles. The van der Waals surface area contributed by atoms with E-state index in [2.05, 4.69) is 48.2 Å². The summed E-state index contributed by atoms with van der Waals surface area (Å²) in [6.07, 6.45) is 9.79. The molecule has 5 heterocycles. The molecule has 0 unspecified atom stereocenters. The summed E-state index contributed by atoms with van der Waals surface area (Å²) in [5, 5.41) is 7.79. The minimum atomic E-state index is -0.193. The number of nitrogens with zero attached hydrogens (tertiary/aromatic N) is 4. The van der Waals surface area contributed by atoms with Crippen LogP contribution in [0.3, 0.4) is 0 Å². The molecule has 4 aromatic heterocycles. The van der Waals surface area contributed by atoms with Crippen LogP contribution in [0.25, 0.3) is 16.2 Å². The molecule has 188 valence electrons. The van der Waals surface area contributed by atoms with Gasteiger partial charge in [0, 0.05) is 18.9 Å². The Kier molecular flexibility index (Phi) is 6.60. The van der Waals surface area contributed by atoms with E-state index in [4.69, 9.17) is 5.73 Å². The Hall–Kier alpha value is -3.73. The first-order chi connectivity index (χ1) is 18.1. The van der Waals surface area contributed by atoms with Crippen molar-refractivity contribution in [2.75, 3.05) is 29.5 Å². The summed E-state index contributed by atoms with van der Waals surface area (Å²) >= 11 is 2.92. The number of para-hydroxylation sites is 2. The Labute approximate surface area is 222 Å². The number of pyridine rings is 1. The number of thiazole rings is 1. The lowest BCUT2D eigenvalue weighted by atomic mass is 10.1. The normalized spacial score (nSPS) is 14.2. The van der Waals surface area contributed by atoms with Crippen molar-refractivity contribution in [1.82, 2.24) is 19.3 Å². The number of benzene rings is 1. The standard InChI is InChI=1S/C27H27N7OS2/c28-19-6-2-3-7-20(19)31-26(35)22-8-9-25(36-22)32-27-30-16-23(37-27)21-15-29-24-14-18(10-13-34(21)24)17-33-11-4-1-5-12-33/h2-3,6-10,13-16H,1,4-5,11-12,17,28H2,(H,30,32)(H,31,35). The van der Waals surface area contributed by atoms with E-state index in [-0.39, 0.29) is 5.91 Å². The van der Waals surface area contributed by atoms with E-state index in [1.165, 1.54) is 49.3 Å². The molecule has 1 aromatic carbocycles. The van der Waals surface area contributed by atoms with E-state index >= 15 is 0 Å². The Morgan fingerprint density at radius 3 is 2.73 bits per heavy atom. The molecular formula is C27H27N7OS2. The van der Waals surface area contributed by atoms with Crippen molar-refractivity contribution in [3.8, 4) is 10.6 Å². The summed E-state index contributed by atoms with van der Waals surface area (Å²) in [5.41, 5.74) is 10.3. The molecule has 1 amide bonds. The molecule has 4 N–H and O–H groups in total. The van der Waals surface area contributed by atoms with Gasteiger partial charge in [-0.15, -0.1) is 11.3 Å². The maximum absolute atomic E-state index is 12.6. The molecule has 1 aliphatic heterocycles. The van der Waals surface area contributed by atoms with Crippen LogP contribution >= 0.6 is 22.7 Å². The van der Waals surface area contributed by atoms with Gasteiger partial charge in [0.1, 0.15) is 5.65 Å². The molecule has 0 aliphatic carbocycles. The van der Waals surface area contributed by atoms with Gasteiger partial charge >= 0.3 is 0 Å². The fourth-order valence-electron chi connectivity index (χ4n) is 4.56. The minimum Gasteiger partial charge on any atom is -0.397 e. The second-order valence-electron chi connectivity index (χ2n) is 9.10. The van der Waals surface area contributed by atoms with Crippen molar-refractivity contribution >= 4 is 55.7 Å². The molecule has 1 saturated heterocycles. The van der Waals surface area contributed by atoms with Crippen molar-refractivity contribution in [2.45, 2.75) is 25.8 Å². The lowest BCUT2D eigenvalue weighted by Gasteiger charge is -2.26. The van der Waals surface area contributed by atoms with Crippen molar-refractivity contribution < 1.29 is 4.79 Å². The van der Waals surface area contributed by atoms with Crippen LogP contribution in [0.4, 0.5) is 21.5 Å². The second-order valence-corrected chi connectivity index (χ2v) is 11.2. The van der Waals surface area contributed by atoms with Crippen molar-refractivity contribution in [3.63, 3.8) is 0 Å². The highest BCUT2D eigenvalue weighted by molar-refractivity contribution is 7.20. The number of fused-ring (bicyclic) bond motifs is 1. The predicted octanol–water partition coefficient (Wildman–Crippen LogP) is 6.08. The third-order valence-electron chi connectivity index (χ3n) is 6.46. The number of piperidine rings is 1. The summed E-state index contributed by atoms with van der Waals surface area (Å²) in [4.78, 5) is 26.0. The van der Waals surface area contributed by atoms with Crippen molar-refractivity contribution in [2.24, 2.45) is 0 Å². The SMILES string of the molecule is Nc1ccccc1NC(=O)c1ccc(Nc2ncc(-c3cnc4cc(CN5CCCCC5)ccn34)s2)s1. The highest BCUT2D eigenvalue weighted by atomic mass is 32.1.